The van der Waals surface area contributed by atoms with Crippen LogP contribution in [0.3, 0.4) is 0 Å². The molecule has 0 spiro atoms. The average Bonchev–Trinajstić information content (AvgIpc) is 3.17. The number of hydrogen-bond acceptors (Lipinski definition) is 3. The number of nitrogens with zero attached hydrogens (tertiary/aromatic N) is 3. The lowest BCUT2D eigenvalue weighted by Gasteiger charge is -2.32. The Morgan fingerprint density at radius 2 is 2.07 bits per heavy atom. The Hall–Kier alpha value is -3.13. The van der Waals surface area contributed by atoms with E-state index < -0.39 is 0 Å². The van der Waals surface area contributed by atoms with Crippen LogP contribution in [0.4, 0.5) is 4.39 Å². The SMILES string of the molecule is COc1cc(C#N)ccc1[C@@H]1C[C@@H](Cc2ccc(F)cc2)Cc2cncn21. The van der Waals surface area contributed by atoms with E-state index in [1.165, 1.54) is 17.8 Å². The van der Waals surface area contributed by atoms with Crippen molar-refractivity contribution in [3.05, 3.63) is 83.2 Å². The summed E-state index contributed by atoms with van der Waals surface area (Å²) < 4.78 is 21.0. The van der Waals surface area contributed by atoms with E-state index >= 15 is 0 Å². The van der Waals surface area contributed by atoms with E-state index in [0.717, 1.165) is 36.1 Å². The minimum absolute atomic E-state index is 0.101. The molecule has 0 fully saturated rings. The molecule has 0 amide bonds. The summed E-state index contributed by atoms with van der Waals surface area (Å²) in [4.78, 5) is 4.34. The standard InChI is InChI=1S/C22H20FN3O/c1-27-22-11-16(12-24)4-7-20(22)21-10-17(9-19-13-25-14-26(19)21)8-15-2-5-18(23)6-3-15/h2-7,11,13-14,17,21H,8-10H2,1H3/t17-,21-/m0/s1. The van der Waals surface area contributed by atoms with Crippen LogP contribution in [0.25, 0.3) is 0 Å². The minimum Gasteiger partial charge on any atom is -0.496 e. The fourth-order valence-corrected chi connectivity index (χ4v) is 4.02. The number of nitriles is 1. The van der Waals surface area contributed by atoms with Crippen LogP contribution in [0.15, 0.2) is 55.0 Å². The maximum Gasteiger partial charge on any atom is 0.125 e. The molecule has 136 valence electrons. The quantitative estimate of drug-likeness (QED) is 0.696. The number of benzene rings is 2. The van der Waals surface area contributed by atoms with Gasteiger partial charge in [0.1, 0.15) is 11.6 Å². The zero-order valence-electron chi connectivity index (χ0n) is 15.1. The van der Waals surface area contributed by atoms with Gasteiger partial charge in [-0.1, -0.05) is 18.2 Å². The molecular weight excluding hydrogens is 341 g/mol. The molecule has 4 nitrogen and oxygen atoms in total. The summed E-state index contributed by atoms with van der Waals surface area (Å²) in [5, 5.41) is 9.16. The number of rotatable bonds is 4. The number of fused-ring (bicyclic) bond motifs is 1. The number of methoxy groups -OCH3 is 1. The first-order valence-corrected chi connectivity index (χ1v) is 9.01. The zero-order valence-corrected chi connectivity index (χ0v) is 15.1. The Kier molecular flexibility index (Phi) is 4.64. The lowest BCUT2D eigenvalue weighted by atomic mass is 9.83. The van der Waals surface area contributed by atoms with E-state index in [1.807, 2.05) is 36.8 Å². The lowest BCUT2D eigenvalue weighted by Crippen LogP contribution is -2.26. The molecular formula is C22H20FN3O. The number of aromatic nitrogens is 2. The topological polar surface area (TPSA) is 50.8 Å². The molecule has 2 heterocycles. The highest BCUT2D eigenvalue weighted by molar-refractivity contribution is 5.44. The van der Waals surface area contributed by atoms with Crippen LogP contribution >= 0.6 is 0 Å². The molecule has 0 saturated carbocycles. The third-order valence-corrected chi connectivity index (χ3v) is 5.30. The Bertz CT molecular complexity index is 988. The van der Waals surface area contributed by atoms with Gasteiger partial charge in [-0.2, -0.15) is 5.26 Å². The van der Waals surface area contributed by atoms with Gasteiger partial charge in [0.05, 0.1) is 31.1 Å². The Morgan fingerprint density at radius 1 is 1.26 bits per heavy atom. The number of ether oxygens (including phenoxy) is 1. The Morgan fingerprint density at radius 3 is 2.81 bits per heavy atom. The van der Waals surface area contributed by atoms with Crippen molar-refractivity contribution >= 4 is 0 Å². The maximum absolute atomic E-state index is 13.2. The maximum atomic E-state index is 13.2. The summed E-state index contributed by atoms with van der Waals surface area (Å²) in [6.07, 6.45) is 6.54. The van der Waals surface area contributed by atoms with Crippen molar-refractivity contribution in [1.82, 2.24) is 9.55 Å². The highest BCUT2D eigenvalue weighted by atomic mass is 19.1. The first kappa shape index (κ1) is 17.3. The smallest absolute Gasteiger partial charge is 0.125 e. The first-order valence-electron chi connectivity index (χ1n) is 9.01. The van der Waals surface area contributed by atoms with Crippen LogP contribution in [0.1, 0.15) is 34.8 Å². The zero-order chi connectivity index (χ0) is 18.8. The Labute approximate surface area is 157 Å². The fourth-order valence-electron chi connectivity index (χ4n) is 4.02. The molecule has 0 bridgehead atoms. The molecule has 2 atom stereocenters. The first-order chi connectivity index (χ1) is 13.2. The summed E-state index contributed by atoms with van der Waals surface area (Å²) in [7, 11) is 1.63. The van der Waals surface area contributed by atoms with Crippen molar-refractivity contribution in [1.29, 1.82) is 5.26 Å². The van der Waals surface area contributed by atoms with Gasteiger partial charge in [0.2, 0.25) is 0 Å². The highest BCUT2D eigenvalue weighted by Gasteiger charge is 2.29. The average molecular weight is 361 g/mol. The van der Waals surface area contributed by atoms with E-state index in [4.69, 9.17) is 10.00 Å². The normalized spacial score (nSPS) is 18.6. The third-order valence-electron chi connectivity index (χ3n) is 5.30. The molecule has 0 N–H and O–H groups in total. The summed E-state index contributed by atoms with van der Waals surface area (Å²) in [6, 6.07) is 14.6. The molecule has 1 aliphatic heterocycles. The summed E-state index contributed by atoms with van der Waals surface area (Å²) in [5.74, 6) is 0.937. The van der Waals surface area contributed by atoms with Crippen LogP contribution in [-0.2, 0) is 12.8 Å². The number of imidazole rings is 1. The van der Waals surface area contributed by atoms with Crippen LogP contribution in [-0.4, -0.2) is 16.7 Å². The number of hydrogen-bond donors (Lipinski definition) is 0. The van der Waals surface area contributed by atoms with Crippen LogP contribution < -0.4 is 4.74 Å². The summed E-state index contributed by atoms with van der Waals surface area (Å²) >= 11 is 0. The predicted octanol–water partition coefficient (Wildman–Crippen LogP) is 4.30. The van der Waals surface area contributed by atoms with Crippen LogP contribution in [0.2, 0.25) is 0 Å². The largest absolute Gasteiger partial charge is 0.496 e. The van der Waals surface area contributed by atoms with Gasteiger partial charge < -0.3 is 9.30 Å². The molecule has 3 aromatic rings. The molecule has 27 heavy (non-hydrogen) atoms. The molecule has 0 unspecified atom stereocenters. The molecule has 1 aromatic heterocycles. The van der Waals surface area contributed by atoms with Gasteiger partial charge in [-0.15, -0.1) is 0 Å². The minimum atomic E-state index is -0.208. The van der Waals surface area contributed by atoms with Gasteiger partial charge in [-0.3, -0.25) is 0 Å². The molecule has 2 aromatic carbocycles. The highest BCUT2D eigenvalue weighted by Crippen LogP contribution is 2.39. The summed E-state index contributed by atoms with van der Waals surface area (Å²) in [6.45, 7) is 0. The van der Waals surface area contributed by atoms with Crippen molar-refractivity contribution in [3.8, 4) is 11.8 Å². The second-order valence-corrected chi connectivity index (χ2v) is 7.01. The van der Waals surface area contributed by atoms with E-state index in [-0.39, 0.29) is 11.9 Å². The molecule has 4 rings (SSSR count). The van der Waals surface area contributed by atoms with Gasteiger partial charge in [0, 0.05) is 17.5 Å². The number of halogens is 1. The lowest BCUT2D eigenvalue weighted by molar-refractivity contribution is 0.331. The van der Waals surface area contributed by atoms with Gasteiger partial charge in [0.25, 0.3) is 0 Å². The monoisotopic (exact) mass is 361 g/mol. The molecule has 1 aliphatic rings. The molecule has 0 saturated heterocycles. The van der Waals surface area contributed by atoms with Gasteiger partial charge in [0.15, 0.2) is 0 Å². The van der Waals surface area contributed by atoms with Crippen molar-refractivity contribution in [3.63, 3.8) is 0 Å². The molecule has 0 radical (unpaired) electrons. The van der Waals surface area contributed by atoms with Crippen molar-refractivity contribution in [2.45, 2.75) is 25.3 Å². The van der Waals surface area contributed by atoms with Gasteiger partial charge in [-0.05, 0) is 55.0 Å². The van der Waals surface area contributed by atoms with E-state index in [0.29, 0.717) is 11.5 Å². The van der Waals surface area contributed by atoms with E-state index in [1.54, 1.807) is 13.2 Å². The Balaban J connectivity index is 1.66. The predicted molar refractivity (Wildman–Crippen MR) is 100.0 cm³/mol. The van der Waals surface area contributed by atoms with Crippen molar-refractivity contribution < 1.29 is 9.13 Å². The van der Waals surface area contributed by atoms with Gasteiger partial charge >= 0.3 is 0 Å². The second-order valence-electron chi connectivity index (χ2n) is 7.01. The van der Waals surface area contributed by atoms with Gasteiger partial charge in [-0.25, -0.2) is 9.37 Å². The van der Waals surface area contributed by atoms with Crippen molar-refractivity contribution in [2.24, 2.45) is 5.92 Å². The fraction of sp³-hybridized carbons (Fsp3) is 0.273. The van der Waals surface area contributed by atoms with Crippen LogP contribution in [0, 0.1) is 23.1 Å². The van der Waals surface area contributed by atoms with Crippen LogP contribution in [0.5, 0.6) is 5.75 Å². The van der Waals surface area contributed by atoms with E-state index in [9.17, 15) is 4.39 Å². The summed E-state index contributed by atoms with van der Waals surface area (Å²) in [5.41, 5.74) is 3.96. The second kappa shape index (κ2) is 7.24. The molecule has 5 heteroatoms. The third kappa shape index (κ3) is 3.43. The van der Waals surface area contributed by atoms with E-state index in [2.05, 4.69) is 15.6 Å². The van der Waals surface area contributed by atoms with Crippen molar-refractivity contribution in [2.75, 3.05) is 7.11 Å². The molecule has 0 aliphatic carbocycles.